The smallest absolute Gasteiger partial charge is 0.124 e. The second-order valence-electron chi connectivity index (χ2n) is 1.82. The van der Waals surface area contributed by atoms with E-state index in [0.717, 1.165) is 16.5 Å². The van der Waals surface area contributed by atoms with Crippen molar-refractivity contribution in [3.63, 3.8) is 0 Å². The molecule has 1 heterocycles. The Hall–Kier alpha value is -0.700. The lowest BCUT2D eigenvalue weighted by Gasteiger charge is -1.95. The first-order valence-corrected chi connectivity index (χ1v) is 3.67. The van der Waals surface area contributed by atoms with Gasteiger partial charge in [-0.1, -0.05) is 6.07 Å². The number of aromatic nitrogens is 1. The van der Waals surface area contributed by atoms with E-state index in [1.165, 1.54) is 0 Å². The number of carbonyl (C=O) groups is 1. The van der Waals surface area contributed by atoms with Crippen LogP contribution in [0.3, 0.4) is 0 Å². The summed E-state index contributed by atoms with van der Waals surface area (Å²) in [6.45, 7) is 0. The van der Waals surface area contributed by atoms with Crippen molar-refractivity contribution in [2.75, 3.05) is 0 Å². The summed E-state index contributed by atoms with van der Waals surface area (Å²) in [7, 11) is 0. The SMILES string of the molecule is O=CCc1cccnc1Br. The summed E-state index contributed by atoms with van der Waals surface area (Å²) in [5.41, 5.74) is 0.928. The number of pyridine rings is 1. The molecule has 0 unspecified atom stereocenters. The summed E-state index contributed by atoms with van der Waals surface area (Å²) in [4.78, 5) is 14.0. The largest absolute Gasteiger partial charge is 0.303 e. The molecule has 0 radical (unpaired) electrons. The average molecular weight is 200 g/mol. The highest BCUT2D eigenvalue weighted by atomic mass is 79.9. The van der Waals surface area contributed by atoms with Crippen LogP contribution in [0, 0.1) is 0 Å². The third-order valence-corrected chi connectivity index (χ3v) is 1.85. The Morgan fingerprint density at radius 1 is 1.70 bits per heavy atom. The first kappa shape index (κ1) is 7.41. The van der Waals surface area contributed by atoms with Crippen LogP contribution in [-0.2, 0) is 11.2 Å². The molecule has 0 aromatic carbocycles. The van der Waals surface area contributed by atoms with E-state index in [1.54, 1.807) is 6.20 Å². The van der Waals surface area contributed by atoms with Gasteiger partial charge < -0.3 is 4.79 Å². The van der Waals surface area contributed by atoms with Crippen molar-refractivity contribution in [2.45, 2.75) is 6.42 Å². The topological polar surface area (TPSA) is 30.0 Å². The molecule has 1 rings (SSSR count). The van der Waals surface area contributed by atoms with Gasteiger partial charge in [-0.3, -0.25) is 0 Å². The molecule has 3 heteroatoms. The summed E-state index contributed by atoms with van der Waals surface area (Å²) in [6.07, 6.45) is 2.97. The van der Waals surface area contributed by atoms with Gasteiger partial charge >= 0.3 is 0 Å². The normalized spacial score (nSPS) is 9.30. The molecule has 1 aromatic heterocycles. The maximum atomic E-state index is 10.1. The minimum absolute atomic E-state index is 0.425. The van der Waals surface area contributed by atoms with E-state index in [9.17, 15) is 4.79 Å². The number of nitrogens with zero attached hydrogens (tertiary/aromatic N) is 1. The van der Waals surface area contributed by atoms with Crippen LogP contribution >= 0.6 is 15.9 Å². The van der Waals surface area contributed by atoms with Crippen LogP contribution in [0.1, 0.15) is 5.56 Å². The fourth-order valence-electron chi connectivity index (χ4n) is 0.661. The summed E-state index contributed by atoms with van der Waals surface area (Å²) in [6, 6.07) is 3.68. The molecule has 52 valence electrons. The van der Waals surface area contributed by atoms with Crippen molar-refractivity contribution in [1.29, 1.82) is 0 Å². The lowest BCUT2D eigenvalue weighted by Crippen LogP contribution is -1.88. The zero-order valence-corrected chi connectivity index (χ0v) is 6.84. The molecular formula is C7H6BrNO. The van der Waals surface area contributed by atoms with E-state index in [-0.39, 0.29) is 0 Å². The quantitative estimate of drug-likeness (QED) is 0.535. The highest BCUT2D eigenvalue weighted by Crippen LogP contribution is 2.11. The second kappa shape index (κ2) is 3.46. The molecule has 1 aromatic rings. The molecule has 0 amide bonds. The highest BCUT2D eigenvalue weighted by Gasteiger charge is 1.96. The summed E-state index contributed by atoms with van der Waals surface area (Å²) >= 11 is 3.23. The lowest BCUT2D eigenvalue weighted by atomic mass is 10.2. The zero-order chi connectivity index (χ0) is 7.40. The fourth-order valence-corrected chi connectivity index (χ4v) is 1.07. The van der Waals surface area contributed by atoms with Gasteiger partial charge in [-0.25, -0.2) is 4.98 Å². The standard InChI is InChI=1S/C7H6BrNO/c8-7-6(3-5-10)2-1-4-9-7/h1-2,4-5H,3H2. The predicted octanol–water partition coefficient (Wildman–Crippen LogP) is 1.59. The minimum Gasteiger partial charge on any atom is -0.303 e. The van der Waals surface area contributed by atoms with Crippen LogP contribution in [0.4, 0.5) is 0 Å². The maximum absolute atomic E-state index is 10.1. The number of hydrogen-bond donors (Lipinski definition) is 0. The molecule has 0 fully saturated rings. The lowest BCUT2D eigenvalue weighted by molar-refractivity contribution is -0.107. The van der Waals surface area contributed by atoms with Gasteiger partial charge in [-0.05, 0) is 27.6 Å². The summed E-state index contributed by atoms with van der Waals surface area (Å²) < 4.78 is 0.752. The van der Waals surface area contributed by atoms with Gasteiger partial charge in [-0.15, -0.1) is 0 Å². The van der Waals surface area contributed by atoms with Crippen LogP contribution < -0.4 is 0 Å². The van der Waals surface area contributed by atoms with Gasteiger partial charge in [0.05, 0.1) is 0 Å². The molecule has 0 aliphatic carbocycles. The Balaban J connectivity index is 2.91. The summed E-state index contributed by atoms with van der Waals surface area (Å²) in [5.74, 6) is 0. The number of rotatable bonds is 2. The first-order chi connectivity index (χ1) is 4.84. The third-order valence-electron chi connectivity index (χ3n) is 1.14. The molecule has 0 aliphatic rings. The molecular weight excluding hydrogens is 194 g/mol. The average Bonchev–Trinajstić information content (AvgIpc) is 1.94. The van der Waals surface area contributed by atoms with Crippen molar-refractivity contribution < 1.29 is 4.79 Å². The van der Waals surface area contributed by atoms with Crippen molar-refractivity contribution in [2.24, 2.45) is 0 Å². The monoisotopic (exact) mass is 199 g/mol. The second-order valence-corrected chi connectivity index (χ2v) is 2.58. The maximum Gasteiger partial charge on any atom is 0.124 e. The van der Waals surface area contributed by atoms with Crippen molar-refractivity contribution in [3.8, 4) is 0 Å². The van der Waals surface area contributed by atoms with Crippen LogP contribution in [-0.4, -0.2) is 11.3 Å². The molecule has 2 nitrogen and oxygen atoms in total. The summed E-state index contributed by atoms with van der Waals surface area (Å²) in [5, 5.41) is 0. The van der Waals surface area contributed by atoms with Crippen LogP contribution in [0.5, 0.6) is 0 Å². The molecule has 10 heavy (non-hydrogen) atoms. The Kier molecular flexibility index (Phi) is 2.57. The van der Waals surface area contributed by atoms with Gasteiger partial charge in [0, 0.05) is 12.6 Å². The van der Waals surface area contributed by atoms with Gasteiger partial charge in [0.15, 0.2) is 0 Å². The zero-order valence-electron chi connectivity index (χ0n) is 5.25. The molecule has 0 atom stereocenters. The molecule has 0 spiro atoms. The van der Waals surface area contributed by atoms with E-state index in [1.807, 2.05) is 12.1 Å². The van der Waals surface area contributed by atoms with E-state index in [0.29, 0.717) is 6.42 Å². The fraction of sp³-hybridized carbons (Fsp3) is 0.143. The third kappa shape index (κ3) is 1.64. The highest BCUT2D eigenvalue weighted by molar-refractivity contribution is 9.10. The molecule has 0 saturated heterocycles. The Bertz CT molecular complexity index is 237. The Morgan fingerprint density at radius 2 is 2.50 bits per heavy atom. The van der Waals surface area contributed by atoms with E-state index in [4.69, 9.17) is 0 Å². The van der Waals surface area contributed by atoms with Crippen LogP contribution in [0.15, 0.2) is 22.9 Å². The van der Waals surface area contributed by atoms with E-state index >= 15 is 0 Å². The Labute approximate surface area is 67.4 Å². The van der Waals surface area contributed by atoms with Crippen LogP contribution in [0.2, 0.25) is 0 Å². The van der Waals surface area contributed by atoms with Gasteiger partial charge in [0.25, 0.3) is 0 Å². The molecule has 0 aliphatic heterocycles. The van der Waals surface area contributed by atoms with E-state index < -0.39 is 0 Å². The van der Waals surface area contributed by atoms with Crippen molar-refractivity contribution in [3.05, 3.63) is 28.5 Å². The van der Waals surface area contributed by atoms with Gasteiger partial charge in [0.2, 0.25) is 0 Å². The minimum atomic E-state index is 0.425. The number of aldehydes is 1. The molecule has 0 bridgehead atoms. The van der Waals surface area contributed by atoms with Crippen LogP contribution in [0.25, 0.3) is 0 Å². The molecule has 0 saturated carbocycles. The number of halogens is 1. The Morgan fingerprint density at radius 3 is 3.10 bits per heavy atom. The first-order valence-electron chi connectivity index (χ1n) is 2.87. The van der Waals surface area contributed by atoms with Gasteiger partial charge in [-0.2, -0.15) is 0 Å². The number of hydrogen-bond acceptors (Lipinski definition) is 2. The van der Waals surface area contributed by atoms with Crippen molar-refractivity contribution in [1.82, 2.24) is 4.98 Å². The molecule has 0 N–H and O–H groups in total. The van der Waals surface area contributed by atoms with Gasteiger partial charge in [0.1, 0.15) is 10.9 Å². The van der Waals surface area contributed by atoms with Crippen molar-refractivity contribution >= 4 is 22.2 Å². The number of carbonyl (C=O) groups excluding carboxylic acids is 1. The van der Waals surface area contributed by atoms with E-state index in [2.05, 4.69) is 20.9 Å². The predicted molar refractivity (Wildman–Crippen MR) is 41.7 cm³/mol.